The Balaban J connectivity index is 2.29. The molecule has 0 radical (unpaired) electrons. The molecule has 0 spiro atoms. The van der Waals surface area contributed by atoms with Crippen molar-refractivity contribution >= 4 is 44.0 Å². The molecule has 0 amide bonds. The summed E-state index contributed by atoms with van der Waals surface area (Å²) in [6.07, 6.45) is 1.69. The minimum absolute atomic E-state index is 0.0529. The molecule has 0 aromatic carbocycles. The number of hydrogen-bond donors (Lipinski definition) is 2. The van der Waals surface area contributed by atoms with Gasteiger partial charge in [-0.25, -0.2) is 8.42 Å². The molecule has 0 saturated heterocycles. The first-order valence-corrected chi connectivity index (χ1v) is 8.83. The zero-order valence-electron chi connectivity index (χ0n) is 9.62. The Bertz CT molecular complexity index is 499. The third kappa shape index (κ3) is 6.77. The number of anilines is 1. The molecule has 2 N–H and O–H groups in total. The van der Waals surface area contributed by atoms with E-state index >= 15 is 0 Å². The van der Waals surface area contributed by atoms with Gasteiger partial charge in [0.1, 0.15) is 9.84 Å². The Labute approximate surface area is 113 Å². The minimum atomic E-state index is -2.93. The van der Waals surface area contributed by atoms with E-state index in [1.165, 1.54) is 17.6 Å². The smallest absolute Gasteiger partial charge is 0.313 e. The number of nitrogens with one attached hydrogen (secondary N) is 1. The van der Waals surface area contributed by atoms with Crippen LogP contribution in [0.2, 0.25) is 0 Å². The first-order valence-electron chi connectivity index (χ1n) is 4.96. The van der Waals surface area contributed by atoms with Gasteiger partial charge < -0.3 is 10.4 Å². The third-order valence-electron chi connectivity index (χ3n) is 1.69. The van der Waals surface area contributed by atoms with Crippen molar-refractivity contribution in [2.24, 2.45) is 0 Å². The van der Waals surface area contributed by atoms with Crippen LogP contribution in [0.4, 0.5) is 5.13 Å². The van der Waals surface area contributed by atoms with Gasteiger partial charge in [-0.05, 0) is 6.42 Å². The van der Waals surface area contributed by atoms with Gasteiger partial charge in [0, 0.05) is 12.8 Å². The van der Waals surface area contributed by atoms with Gasteiger partial charge >= 0.3 is 5.97 Å². The molecule has 1 rings (SSSR count). The van der Waals surface area contributed by atoms with Crippen molar-refractivity contribution in [2.75, 3.05) is 29.6 Å². The van der Waals surface area contributed by atoms with Crippen LogP contribution < -0.4 is 5.32 Å². The molecule has 102 valence electrons. The van der Waals surface area contributed by atoms with E-state index in [1.54, 1.807) is 0 Å². The summed E-state index contributed by atoms with van der Waals surface area (Å²) in [7, 11) is -2.93. The van der Waals surface area contributed by atoms with E-state index in [2.05, 4.69) is 15.5 Å². The largest absolute Gasteiger partial charge is 0.481 e. The van der Waals surface area contributed by atoms with Gasteiger partial charge in [0.05, 0.1) is 11.5 Å². The Morgan fingerprint density at radius 3 is 2.83 bits per heavy atom. The van der Waals surface area contributed by atoms with Crippen molar-refractivity contribution in [3.63, 3.8) is 0 Å². The first-order chi connectivity index (χ1) is 8.37. The fourth-order valence-corrected chi connectivity index (χ4v) is 3.16. The predicted octanol–water partition coefficient (Wildman–Crippen LogP) is 0.561. The topological polar surface area (TPSA) is 109 Å². The number of sulfone groups is 1. The van der Waals surface area contributed by atoms with Crippen molar-refractivity contribution in [1.29, 1.82) is 0 Å². The molecule has 0 unspecified atom stereocenters. The molecule has 18 heavy (non-hydrogen) atoms. The summed E-state index contributed by atoms with van der Waals surface area (Å²) < 4.78 is 22.3. The quantitative estimate of drug-likeness (QED) is 0.529. The molecule has 7 nitrogen and oxygen atoms in total. The monoisotopic (exact) mass is 311 g/mol. The average molecular weight is 311 g/mol. The Kier molecular flexibility index (Phi) is 5.82. The highest BCUT2D eigenvalue weighted by molar-refractivity contribution is 8.01. The Morgan fingerprint density at radius 2 is 2.22 bits per heavy atom. The summed E-state index contributed by atoms with van der Waals surface area (Å²) >= 11 is 2.35. The third-order valence-corrected chi connectivity index (χ3v) is 4.72. The second-order valence-electron chi connectivity index (χ2n) is 3.47. The fourth-order valence-electron chi connectivity index (χ4n) is 0.993. The number of aliphatic carboxylic acids is 1. The highest BCUT2D eigenvalue weighted by atomic mass is 32.2. The molecule has 1 aromatic heterocycles. The van der Waals surface area contributed by atoms with Crippen LogP contribution in [0.3, 0.4) is 0 Å². The molecule has 10 heteroatoms. The number of thioether (sulfide) groups is 1. The lowest BCUT2D eigenvalue weighted by Gasteiger charge is -2.00. The van der Waals surface area contributed by atoms with Crippen molar-refractivity contribution in [2.45, 2.75) is 10.8 Å². The van der Waals surface area contributed by atoms with Crippen LogP contribution in [0.15, 0.2) is 4.34 Å². The van der Waals surface area contributed by atoms with Crippen molar-refractivity contribution in [1.82, 2.24) is 10.2 Å². The maximum absolute atomic E-state index is 10.9. The first kappa shape index (κ1) is 15.2. The zero-order valence-corrected chi connectivity index (χ0v) is 12.1. The molecule has 1 aromatic rings. The second-order valence-corrected chi connectivity index (χ2v) is 7.93. The van der Waals surface area contributed by atoms with Crippen LogP contribution in [0.1, 0.15) is 6.42 Å². The molecule has 0 aliphatic rings. The number of carboxylic acid groups (broad SMARTS) is 1. The Morgan fingerprint density at radius 1 is 1.50 bits per heavy atom. The minimum Gasteiger partial charge on any atom is -0.481 e. The summed E-state index contributed by atoms with van der Waals surface area (Å²) in [5.74, 6) is -0.833. The molecule has 0 atom stereocenters. The number of carbonyl (C=O) groups is 1. The standard InChI is InChI=1S/C8H13N3O4S3/c1-18(14,15)4-2-3-9-7-10-11-8(17-7)16-5-6(12)13/h2-5H2,1H3,(H,9,10)(H,12,13). The van der Waals surface area contributed by atoms with Crippen LogP contribution in [0, 0.1) is 0 Å². The summed E-state index contributed by atoms with van der Waals surface area (Å²) in [5.41, 5.74) is 0. The lowest BCUT2D eigenvalue weighted by molar-refractivity contribution is -0.133. The maximum Gasteiger partial charge on any atom is 0.313 e. The molecule has 0 fully saturated rings. The van der Waals surface area contributed by atoms with E-state index in [-0.39, 0.29) is 11.5 Å². The van der Waals surface area contributed by atoms with Gasteiger partial charge in [-0.1, -0.05) is 23.1 Å². The molecule has 0 aliphatic carbocycles. The highest BCUT2D eigenvalue weighted by Crippen LogP contribution is 2.25. The van der Waals surface area contributed by atoms with Crippen molar-refractivity contribution in [3.8, 4) is 0 Å². The lowest BCUT2D eigenvalue weighted by Crippen LogP contribution is -2.09. The van der Waals surface area contributed by atoms with Gasteiger partial charge in [-0.15, -0.1) is 10.2 Å². The van der Waals surface area contributed by atoms with E-state index < -0.39 is 15.8 Å². The number of hydrogen-bond acceptors (Lipinski definition) is 8. The van der Waals surface area contributed by atoms with Gasteiger partial charge in [0.15, 0.2) is 4.34 Å². The second kappa shape index (κ2) is 6.90. The highest BCUT2D eigenvalue weighted by Gasteiger charge is 2.07. The van der Waals surface area contributed by atoms with Gasteiger partial charge in [-0.3, -0.25) is 4.79 Å². The molecular weight excluding hydrogens is 298 g/mol. The molecule has 1 heterocycles. The fraction of sp³-hybridized carbons (Fsp3) is 0.625. The van der Waals surface area contributed by atoms with Gasteiger partial charge in [-0.2, -0.15) is 0 Å². The van der Waals surface area contributed by atoms with Gasteiger partial charge in [0.25, 0.3) is 0 Å². The van der Waals surface area contributed by atoms with E-state index in [0.29, 0.717) is 22.4 Å². The van der Waals surface area contributed by atoms with Crippen molar-refractivity contribution in [3.05, 3.63) is 0 Å². The van der Waals surface area contributed by atoms with E-state index in [0.717, 1.165) is 11.8 Å². The summed E-state index contributed by atoms with van der Waals surface area (Å²) in [6.45, 7) is 0.491. The van der Waals surface area contributed by atoms with Crippen LogP contribution in [0.25, 0.3) is 0 Å². The zero-order chi connectivity index (χ0) is 13.6. The van der Waals surface area contributed by atoms with E-state index in [1.807, 2.05) is 0 Å². The SMILES string of the molecule is CS(=O)(=O)CCCNc1nnc(SCC(=O)O)s1. The summed E-state index contributed by atoms with van der Waals surface area (Å²) in [4.78, 5) is 10.3. The lowest BCUT2D eigenvalue weighted by atomic mass is 10.5. The maximum atomic E-state index is 10.9. The van der Waals surface area contributed by atoms with E-state index in [4.69, 9.17) is 5.11 Å². The predicted molar refractivity (Wildman–Crippen MR) is 71.1 cm³/mol. The number of rotatable bonds is 8. The van der Waals surface area contributed by atoms with Crippen molar-refractivity contribution < 1.29 is 18.3 Å². The van der Waals surface area contributed by atoms with Crippen LogP contribution >= 0.6 is 23.1 Å². The Hall–Kier alpha value is -0.870. The molecular formula is C8H13N3O4S3. The van der Waals surface area contributed by atoms with Crippen LogP contribution in [0.5, 0.6) is 0 Å². The molecule has 0 aliphatic heterocycles. The van der Waals surface area contributed by atoms with E-state index in [9.17, 15) is 13.2 Å². The normalized spacial score (nSPS) is 11.4. The van der Waals surface area contributed by atoms with Crippen LogP contribution in [-0.2, 0) is 14.6 Å². The number of aromatic nitrogens is 2. The van der Waals surface area contributed by atoms with Crippen LogP contribution in [-0.4, -0.2) is 54.0 Å². The molecule has 0 saturated carbocycles. The number of carboxylic acids is 1. The summed E-state index contributed by atoms with van der Waals surface area (Å²) in [5, 5.41) is 19.6. The number of nitrogens with zero attached hydrogens (tertiary/aromatic N) is 2. The summed E-state index contributed by atoms with van der Waals surface area (Å²) in [6, 6.07) is 0. The average Bonchev–Trinajstić information content (AvgIpc) is 2.68. The molecule has 0 bridgehead atoms. The van der Waals surface area contributed by atoms with Gasteiger partial charge in [0.2, 0.25) is 5.13 Å².